The first kappa shape index (κ1) is 32.2. The predicted octanol–water partition coefficient (Wildman–Crippen LogP) is 2.99. The van der Waals surface area contributed by atoms with E-state index in [1.54, 1.807) is 82.1 Å². The normalized spacial score (nSPS) is 14.0. The first-order valence-corrected chi connectivity index (χ1v) is 17.2. The van der Waals surface area contributed by atoms with Gasteiger partial charge in [-0.1, -0.05) is 0 Å². The van der Waals surface area contributed by atoms with Crippen LogP contribution in [0.15, 0.2) is 49.2 Å². The Balaban J connectivity index is 1.41. The van der Waals surface area contributed by atoms with Gasteiger partial charge in [0.15, 0.2) is 6.61 Å². The molecule has 1 saturated heterocycles. The van der Waals surface area contributed by atoms with Gasteiger partial charge in [0.2, 0.25) is 11.8 Å². The third-order valence-corrected chi connectivity index (χ3v) is 8.82. The maximum atomic E-state index is 13.4. The number of hydrogen-bond donors (Lipinski definition) is 2. The second kappa shape index (κ2) is 12.8. The fraction of sp³-hybridized carbons (Fsp3) is 0.310. The number of nitrogens with one attached hydrogen (secondary N) is 2. The molecule has 2 N–H and O–H groups in total. The van der Waals surface area contributed by atoms with Crippen molar-refractivity contribution in [1.82, 2.24) is 34.7 Å². The number of pyridine rings is 1. The number of fused-ring (bicyclic) bond motifs is 1. The Labute approximate surface area is 268 Å². The van der Waals surface area contributed by atoms with Crippen molar-refractivity contribution < 1.29 is 27.2 Å². The zero-order chi connectivity index (χ0) is 33.3. The minimum Gasteiger partial charge on any atom is -0.466 e. The number of morpholine rings is 1. The molecule has 0 aliphatic carbocycles. The molecule has 13 nitrogen and oxygen atoms in total. The molecule has 5 heterocycles. The molecule has 5 aromatic rings. The molecule has 4 aromatic heterocycles. The Morgan fingerprint density at radius 2 is 1.81 bits per heavy atom. The highest BCUT2D eigenvalue weighted by atomic mass is 31.2. The average Bonchev–Trinajstić information content (AvgIpc) is 3.47. The van der Waals surface area contributed by atoms with Crippen molar-refractivity contribution in [3.63, 3.8) is 0 Å². The van der Waals surface area contributed by atoms with Gasteiger partial charge >= 0.3 is 6.18 Å². The van der Waals surface area contributed by atoms with Crippen molar-refractivity contribution in [2.24, 2.45) is 7.05 Å². The van der Waals surface area contributed by atoms with Crippen LogP contribution < -0.4 is 31.0 Å². The van der Waals surface area contributed by atoms with Crippen molar-refractivity contribution in [1.29, 1.82) is 0 Å². The number of rotatable bonds is 9. The van der Waals surface area contributed by atoms with Crippen LogP contribution in [-0.4, -0.2) is 95.0 Å². The van der Waals surface area contributed by atoms with Crippen molar-refractivity contribution in [3.05, 3.63) is 49.2 Å². The fourth-order valence-electron chi connectivity index (χ4n) is 5.17. The second-order valence-corrected chi connectivity index (χ2v) is 14.5. The summed E-state index contributed by atoms with van der Waals surface area (Å²) in [5.74, 6) is 0.602. The zero-order valence-electron chi connectivity index (χ0n) is 26.0. The van der Waals surface area contributed by atoms with E-state index in [9.17, 15) is 17.7 Å². The van der Waals surface area contributed by atoms with Gasteiger partial charge in [0.05, 0.1) is 35.9 Å². The van der Waals surface area contributed by atoms with Crippen molar-refractivity contribution in [3.8, 4) is 17.0 Å². The van der Waals surface area contributed by atoms with E-state index in [4.69, 9.17) is 9.47 Å². The maximum absolute atomic E-state index is 13.4. The summed E-state index contributed by atoms with van der Waals surface area (Å²) in [6.07, 6.45) is 3.51. The van der Waals surface area contributed by atoms with Gasteiger partial charge in [0.1, 0.15) is 37.8 Å². The number of anilines is 5. The minimum atomic E-state index is -4.60. The first-order valence-electron chi connectivity index (χ1n) is 14.6. The van der Waals surface area contributed by atoms with Gasteiger partial charge in [-0.05, 0) is 37.0 Å². The molecule has 0 spiro atoms. The average molecular weight is 666 g/mol. The van der Waals surface area contributed by atoms with Crippen LogP contribution in [0.25, 0.3) is 22.2 Å². The number of ether oxygens (including phenoxy) is 2. The highest BCUT2D eigenvalue weighted by Crippen LogP contribution is 2.41. The molecule has 1 fully saturated rings. The van der Waals surface area contributed by atoms with Crippen LogP contribution in [0.2, 0.25) is 0 Å². The Bertz CT molecular complexity index is 1980. The maximum Gasteiger partial charge on any atom is 0.422 e. The van der Waals surface area contributed by atoms with Crippen LogP contribution >= 0.6 is 7.14 Å². The van der Waals surface area contributed by atoms with Gasteiger partial charge in [-0.25, -0.2) is 4.98 Å². The number of benzene rings is 1. The first-order chi connectivity index (χ1) is 22.4. The standard InChI is InChI=1S/C29H31BF3N10O3P/c1-42-15-17(13-37-42)18-12-22(27(46-16-29(31,32)33)41-26(18)43-8-10-45-11-9-43)39-28-36-14-19(30)25(40-28)38-21-5-4-20-23(35-7-6-34-20)24(21)47(2,3)44/h4-7,12-15H,8-11,16,30H2,1-3H3,(H2,36,38,39,40). The second-order valence-electron chi connectivity index (χ2n) is 11.3. The highest BCUT2D eigenvalue weighted by molar-refractivity contribution is 7.71. The Hall–Kier alpha value is -4.76. The van der Waals surface area contributed by atoms with Crippen LogP contribution in [0, 0.1) is 0 Å². The number of hydrogen-bond acceptors (Lipinski definition) is 12. The van der Waals surface area contributed by atoms with Crippen LogP contribution in [0.1, 0.15) is 0 Å². The lowest BCUT2D eigenvalue weighted by molar-refractivity contribution is -0.153. The number of halogens is 3. The van der Waals surface area contributed by atoms with E-state index in [0.717, 1.165) is 0 Å². The molecular weight excluding hydrogens is 635 g/mol. The highest BCUT2D eigenvalue weighted by Gasteiger charge is 2.31. The molecule has 0 unspecified atom stereocenters. The summed E-state index contributed by atoms with van der Waals surface area (Å²) in [4.78, 5) is 24.3. The number of aryl methyl sites for hydroxylation is 1. The van der Waals surface area contributed by atoms with Crippen LogP contribution in [-0.2, 0) is 16.3 Å². The molecule has 18 heteroatoms. The summed E-state index contributed by atoms with van der Waals surface area (Å²) >= 11 is 0. The summed E-state index contributed by atoms with van der Waals surface area (Å²) in [6, 6.07) is 5.19. The van der Waals surface area contributed by atoms with E-state index in [1.165, 1.54) is 0 Å². The van der Waals surface area contributed by atoms with Gasteiger partial charge < -0.3 is 29.6 Å². The van der Waals surface area contributed by atoms with E-state index in [0.29, 0.717) is 76.6 Å². The zero-order valence-corrected chi connectivity index (χ0v) is 26.9. The van der Waals surface area contributed by atoms with Crippen LogP contribution in [0.3, 0.4) is 0 Å². The lowest BCUT2D eigenvalue weighted by atomic mass is 9.99. The van der Waals surface area contributed by atoms with Crippen LogP contribution in [0.5, 0.6) is 5.88 Å². The summed E-state index contributed by atoms with van der Waals surface area (Å²) in [5.41, 5.74) is 3.75. The van der Waals surface area contributed by atoms with Crippen LogP contribution in [0.4, 0.5) is 42.1 Å². The molecular formula is C29H31BF3N10O3P. The van der Waals surface area contributed by atoms with E-state index < -0.39 is 19.9 Å². The van der Waals surface area contributed by atoms with E-state index in [1.807, 2.05) is 4.90 Å². The van der Waals surface area contributed by atoms with Gasteiger partial charge in [0, 0.05) is 56.1 Å². The topological polar surface area (TPSA) is 145 Å². The Kier molecular flexibility index (Phi) is 8.77. The number of alkyl halides is 3. The lowest BCUT2D eigenvalue weighted by Crippen LogP contribution is -2.37. The smallest absolute Gasteiger partial charge is 0.422 e. The third-order valence-electron chi connectivity index (χ3n) is 7.29. The van der Waals surface area contributed by atoms with Crippen molar-refractivity contribution >= 4 is 65.7 Å². The largest absolute Gasteiger partial charge is 0.466 e. The van der Waals surface area contributed by atoms with Gasteiger partial charge in [-0.15, -0.1) is 0 Å². The van der Waals surface area contributed by atoms with E-state index in [2.05, 4.69) is 40.7 Å². The molecule has 244 valence electrons. The van der Waals surface area contributed by atoms with Crippen molar-refractivity contribution in [2.45, 2.75) is 6.18 Å². The van der Waals surface area contributed by atoms with E-state index >= 15 is 0 Å². The number of nitrogens with zero attached hydrogens (tertiary/aromatic N) is 8. The summed E-state index contributed by atoms with van der Waals surface area (Å²) in [7, 11) is 0.703. The van der Waals surface area contributed by atoms with Gasteiger partial charge in [-0.2, -0.15) is 28.2 Å². The van der Waals surface area contributed by atoms with Gasteiger partial charge in [0.25, 0.3) is 0 Å². The SMILES string of the molecule is Bc1cnc(Nc2cc(-c3cnn(C)c3)c(N3CCOCC3)nc2OCC(F)(F)F)nc1Nc1ccc2nccnc2c1P(C)(C)=O. The molecule has 6 rings (SSSR count). The monoisotopic (exact) mass is 666 g/mol. The predicted molar refractivity (Wildman–Crippen MR) is 176 cm³/mol. The summed E-state index contributed by atoms with van der Waals surface area (Å²) < 4.78 is 65.8. The summed E-state index contributed by atoms with van der Waals surface area (Å²) in [5, 5.41) is 11.1. The van der Waals surface area contributed by atoms with E-state index in [-0.39, 0.29) is 17.5 Å². The molecule has 0 saturated carbocycles. The molecule has 0 amide bonds. The Morgan fingerprint density at radius 3 is 2.51 bits per heavy atom. The van der Waals surface area contributed by atoms with Crippen molar-refractivity contribution in [2.75, 3.05) is 61.8 Å². The number of aromatic nitrogens is 7. The minimum absolute atomic E-state index is 0.0614. The third kappa shape index (κ3) is 7.31. The van der Waals surface area contributed by atoms with Gasteiger partial charge in [-0.3, -0.25) is 14.6 Å². The molecule has 0 radical (unpaired) electrons. The molecule has 0 atom stereocenters. The molecule has 1 aliphatic heterocycles. The lowest BCUT2D eigenvalue weighted by Gasteiger charge is -2.30. The fourth-order valence-corrected chi connectivity index (χ4v) is 6.56. The quantitative estimate of drug-likeness (QED) is 0.176. The molecule has 0 bridgehead atoms. The summed E-state index contributed by atoms with van der Waals surface area (Å²) in [6.45, 7) is 3.62. The Morgan fingerprint density at radius 1 is 1.04 bits per heavy atom. The molecule has 1 aliphatic rings. The molecule has 1 aromatic carbocycles. The molecule has 47 heavy (non-hydrogen) atoms.